The van der Waals surface area contributed by atoms with Crippen LogP contribution in [0.25, 0.3) is 10.1 Å². The summed E-state index contributed by atoms with van der Waals surface area (Å²) in [5.74, 6) is -0.529. The van der Waals surface area contributed by atoms with Gasteiger partial charge < -0.3 is 10.6 Å². The molecular weight excluding hydrogens is 399 g/mol. The zero-order chi connectivity index (χ0) is 20.4. The van der Waals surface area contributed by atoms with Gasteiger partial charge in [-0.2, -0.15) is 0 Å². The van der Waals surface area contributed by atoms with Crippen molar-refractivity contribution in [1.29, 1.82) is 0 Å². The van der Waals surface area contributed by atoms with E-state index in [1.54, 1.807) is 24.3 Å². The molecule has 0 fully saturated rings. The van der Waals surface area contributed by atoms with Gasteiger partial charge in [-0.3, -0.25) is 9.59 Å². The van der Waals surface area contributed by atoms with Gasteiger partial charge in [-0.1, -0.05) is 25.4 Å². The van der Waals surface area contributed by atoms with Gasteiger partial charge in [0.1, 0.15) is 10.7 Å². The second-order valence-corrected chi connectivity index (χ2v) is 8.40. The van der Waals surface area contributed by atoms with Crippen LogP contribution in [0.3, 0.4) is 0 Å². The number of fused-ring (bicyclic) bond motifs is 1. The number of rotatable bonds is 5. The maximum absolute atomic E-state index is 13.4. The standard InChI is InChI=1S/C21H20ClFN2O2S/c1-11(2)10-24-20(26)13-4-7-16(12(3)8-13)25-21(27)19-18(22)15-6-5-14(23)9-17(15)28-19/h4-9,11H,10H2,1-3H3,(H,24,26)(H,25,27). The molecule has 7 heteroatoms. The average Bonchev–Trinajstić information content (AvgIpc) is 2.97. The smallest absolute Gasteiger partial charge is 0.267 e. The maximum Gasteiger partial charge on any atom is 0.267 e. The van der Waals surface area contributed by atoms with Crippen LogP contribution in [0.5, 0.6) is 0 Å². The van der Waals surface area contributed by atoms with Crippen molar-refractivity contribution in [3.8, 4) is 0 Å². The van der Waals surface area contributed by atoms with Gasteiger partial charge in [0.15, 0.2) is 0 Å². The van der Waals surface area contributed by atoms with Crippen molar-refractivity contribution in [2.45, 2.75) is 20.8 Å². The number of hydrogen-bond donors (Lipinski definition) is 2. The fourth-order valence-electron chi connectivity index (χ4n) is 2.71. The van der Waals surface area contributed by atoms with Gasteiger partial charge in [0.25, 0.3) is 11.8 Å². The van der Waals surface area contributed by atoms with Gasteiger partial charge in [-0.15, -0.1) is 11.3 Å². The van der Waals surface area contributed by atoms with Crippen molar-refractivity contribution in [2.75, 3.05) is 11.9 Å². The Balaban J connectivity index is 1.79. The third-order valence-electron chi connectivity index (χ3n) is 4.21. The van der Waals surface area contributed by atoms with Crippen LogP contribution in [0.2, 0.25) is 5.02 Å². The predicted molar refractivity (Wildman–Crippen MR) is 113 cm³/mol. The first-order valence-electron chi connectivity index (χ1n) is 8.84. The largest absolute Gasteiger partial charge is 0.352 e. The number of carbonyl (C=O) groups excluding carboxylic acids is 2. The third-order valence-corrected chi connectivity index (χ3v) is 5.86. The van der Waals surface area contributed by atoms with Crippen LogP contribution in [-0.2, 0) is 0 Å². The molecule has 1 heterocycles. The Bertz CT molecular complexity index is 1060. The van der Waals surface area contributed by atoms with E-state index in [9.17, 15) is 14.0 Å². The molecule has 0 saturated heterocycles. The van der Waals surface area contributed by atoms with Gasteiger partial charge in [0, 0.05) is 27.9 Å². The molecule has 0 saturated carbocycles. The number of halogens is 2. The van der Waals surface area contributed by atoms with Crippen LogP contribution in [0.4, 0.5) is 10.1 Å². The molecule has 0 bridgehead atoms. The van der Waals surface area contributed by atoms with Gasteiger partial charge in [0.2, 0.25) is 0 Å². The Labute approximate surface area is 171 Å². The molecule has 1 aromatic heterocycles. The zero-order valence-corrected chi connectivity index (χ0v) is 17.3. The molecule has 0 aliphatic rings. The fraction of sp³-hybridized carbons (Fsp3) is 0.238. The summed E-state index contributed by atoms with van der Waals surface area (Å²) in [4.78, 5) is 25.2. The molecule has 4 nitrogen and oxygen atoms in total. The molecule has 3 rings (SSSR count). The minimum Gasteiger partial charge on any atom is -0.352 e. The lowest BCUT2D eigenvalue weighted by Crippen LogP contribution is -2.27. The van der Waals surface area contributed by atoms with Crippen molar-refractivity contribution in [1.82, 2.24) is 5.32 Å². The van der Waals surface area contributed by atoms with Crippen LogP contribution in [0, 0.1) is 18.7 Å². The molecule has 0 atom stereocenters. The summed E-state index contributed by atoms with van der Waals surface area (Å²) in [5, 5.41) is 6.64. The molecule has 2 N–H and O–H groups in total. The van der Waals surface area contributed by atoms with Gasteiger partial charge in [0.05, 0.1) is 5.02 Å². The predicted octanol–water partition coefficient (Wildman–Crippen LogP) is 5.64. The van der Waals surface area contributed by atoms with Crippen molar-refractivity contribution < 1.29 is 14.0 Å². The lowest BCUT2D eigenvalue weighted by atomic mass is 10.1. The Morgan fingerprint density at radius 2 is 1.89 bits per heavy atom. The highest BCUT2D eigenvalue weighted by Crippen LogP contribution is 2.36. The number of thiophene rings is 1. The second kappa shape index (κ2) is 8.29. The SMILES string of the molecule is Cc1cc(C(=O)NCC(C)C)ccc1NC(=O)c1sc2cc(F)ccc2c1Cl. The molecular formula is C21H20ClFN2O2S. The zero-order valence-electron chi connectivity index (χ0n) is 15.7. The summed E-state index contributed by atoms with van der Waals surface area (Å²) in [7, 11) is 0. The molecule has 0 radical (unpaired) electrons. The van der Waals surface area contributed by atoms with Crippen LogP contribution >= 0.6 is 22.9 Å². The Morgan fingerprint density at radius 3 is 2.57 bits per heavy atom. The number of amides is 2. The Hall–Kier alpha value is -2.44. The second-order valence-electron chi connectivity index (χ2n) is 6.97. The maximum atomic E-state index is 13.4. The summed E-state index contributed by atoms with van der Waals surface area (Å²) < 4.78 is 14.0. The Morgan fingerprint density at radius 1 is 1.14 bits per heavy atom. The molecule has 2 aromatic carbocycles. The van der Waals surface area contributed by atoms with Crippen molar-refractivity contribution in [3.63, 3.8) is 0 Å². The number of aryl methyl sites for hydroxylation is 1. The number of benzene rings is 2. The summed E-state index contributed by atoms with van der Waals surface area (Å²) in [6.07, 6.45) is 0. The normalized spacial score (nSPS) is 11.1. The van der Waals surface area contributed by atoms with E-state index in [0.29, 0.717) is 43.7 Å². The summed E-state index contributed by atoms with van der Waals surface area (Å²) >= 11 is 7.45. The average molecular weight is 419 g/mol. The van der Waals surface area contributed by atoms with Crippen LogP contribution < -0.4 is 10.6 Å². The van der Waals surface area contributed by atoms with E-state index >= 15 is 0 Å². The van der Waals surface area contributed by atoms with Crippen LogP contribution in [-0.4, -0.2) is 18.4 Å². The highest BCUT2D eigenvalue weighted by Gasteiger charge is 2.18. The number of carbonyl (C=O) groups is 2. The molecule has 0 unspecified atom stereocenters. The summed E-state index contributed by atoms with van der Waals surface area (Å²) in [6.45, 7) is 6.47. The lowest BCUT2D eigenvalue weighted by molar-refractivity contribution is 0.0948. The first-order valence-corrected chi connectivity index (χ1v) is 10.0. The van der Waals surface area contributed by atoms with E-state index in [1.807, 2.05) is 20.8 Å². The van der Waals surface area contributed by atoms with E-state index in [0.717, 1.165) is 16.9 Å². The van der Waals surface area contributed by atoms with Crippen molar-refractivity contribution in [2.24, 2.45) is 5.92 Å². The highest BCUT2D eigenvalue weighted by atomic mass is 35.5. The topological polar surface area (TPSA) is 58.2 Å². The third kappa shape index (κ3) is 4.34. The number of nitrogens with one attached hydrogen (secondary N) is 2. The first-order chi connectivity index (χ1) is 13.3. The number of anilines is 1. The van der Waals surface area contributed by atoms with E-state index in [2.05, 4.69) is 10.6 Å². The summed E-state index contributed by atoms with van der Waals surface area (Å²) in [5.41, 5.74) is 1.88. The fourth-order valence-corrected chi connectivity index (χ4v) is 4.15. The van der Waals surface area contributed by atoms with Crippen molar-refractivity contribution in [3.05, 3.63) is 63.2 Å². The molecule has 2 amide bonds. The quantitative estimate of drug-likeness (QED) is 0.563. The molecule has 28 heavy (non-hydrogen) atoms. The molecule has 0 aliphatic heterocycles. The van der Waals surface area contributed by atoms with E-state index in [1.165, 1.54) is 12.1 Å². The Kier molecular flexibility index (Phi) is 6.01. The van der Waals surface area contributed by atoms with E-state index in [4.69, 9.17) is 11.6 Å². The monoisotopic (exact) mass is 418 g/mol. The van der Waals surface area contributed by atoms with Crippen molar-refractivity contribution >= 4 is 50.5 Å². The van der Waals surface area contributed by atoms with Crippen LogP contribution in [0.15, 0.2) is 36.4 Å². The molecule has 0 aliphatic carbocycles. The summed E-state index contributed by atoms with van der Waals surface area (Å²) in [6, 6.07) is 9.33. The van der Waals surface area contributed by atoms with Gasteiger partial charge >= 0.3 is 0 Å². The minimum absolute atomic E-state index is 0.149. The molecule has 0 spiro atoms. The molecule has 3 aromatic rings. The van der Waals surface area contributed by atoms with E-state index < -0.39 is 0 Å². The van der Waals surface area contributed by atoms with E-state index in [-0.39, 0.29) is 17.6 Å². The first kappa shape index (κ1) is 20.3. The lowest BCUT2D eigenvalue weighted by Gasteiger charge is -2.11. The van der Waals surface area contributed by atoms with Gasteiger partial charge in [-0.05, 0) is 54.8 Å². The number of hydrogen-bond acceptors (Lipinski definition) is 3. The van der Waals surface area contributed by atoms with Gasteiger partial charge in [-0.25, -0.2) is 4.39 Å². The highest BCUT2D eigenvalue weighted by molar-refractivity contribution is 7.21. The molecule has 146 valence electrons. The van der Waals surface area contributed by atoms with Crippen LogP contribution in [0.1, 0.15) is 39.4 Å². The minimum atomic E-state index is -0.375.